The topological polar surface area (TPSA) is 26.3 Å². The molecule has 0 saturated heterocycles. The van der Waals surface area contributed by atoms with Gasteiger partial charge in [0, 0.05) is 4.90 Å². The molecule has 0 heterocycles. The zero-order valence-electron chi connectivity index (χ0n) is 8.13. The fourth-order valence-corrected chi connectivity index (χ4v) is 1.69. The lowest BCUT2D eigenvalue weighted by atomic mass is 10.3. The van der Waals surface area contributed by atoms with Crippen LogP contribution in [0.15, 0.2) is 23.1 Å². The molecule has 0 amide bonds. The Hall–Kier alpha value is -1.10. The summed E-state index contributed by atoms with van der Waals surface area (Å²) in [6, 6.07) is 3.12. The highest BCUT2D eigenvalue weighted by Crippen LogP contribution is 2.22. The molecule has 0 atom stereocenters. The molecule has 0 fully saturated rings. The highest BCUT2D eigenvalue weighted by molar-refractivity contribution is 8.00. The second-order valence-electron chi connectivity index (χ2n) is 2.67. The van der Waals surface area contributed by atoms with Crippen molar-refractivity contribution in [1.82, 2.24) is 0 Å². The van der Waals surface area contributed by atoms with Crippen LogP contribution in [0.5, 0.6) is 0 Å². The Morgan fingerprint density at radius 2 is 2.20 bits per heavy atom. The first-order chi connectivity index (χ1) is 7.13. The number of esters is 1. The van der Waals surface area contributed by atoms with E-state index in [2.05, 4.69) is 4.74 Å². The van der Waals surface area contributed by atoms with Crippen molar-refractivity contribution in [2.24, 2.45) is 0 Å². The molecule has 0 radical (unpaired) electrons. The Morgan fingerprint density at radius 3 is 2.87 bits per heavy atom. The highest BCUT2D eigenvalue weighted by atomic mass is 32.2. The van der Waals surface area contributed by atoms with Crippen molar-refractivity contribution in [1.29, 1.82) is 0 Å². The molecule has 0 aliphatic heterocycles. The quantitative estimate of drug-likeness (QED) is 0.589. The van der Waals surface area contributed by atoms with Crippen molar-refractivity contribution in [3.8, 4) is 0 Å². The van der Waals surface area contributed by atoms with Crippen molar-refractivity contribution in [3.05, 3.63) is 29.8 Å². The molecule has 5 heteroatoms. The van der Waals surface area contributed by atoms with Gasteiger partial charge in [0.1, 0.15) is 11.6 Å². The lowest BCUT2D eigenvalue weighted by Gasteiger charge is -2.03. The molecule has 0 aromatic heterocycles. The summed E-state index contributed by atoms with van der Waals surface area (Å²) < 4.78 is 30.4. The van der Waals surface area contributed by atoms with Gasteiger partial charge in [-0.3, -0.25) is 4.79 Å². The highest BCUT2D eigenvalue weighted by Gasteiger charge is 2.08. The van der Waals surface area contributed by atoms with E-state index in [-0.39, 0.29) is 17.3 Å². The van der Waals surface area contributed by atoms with Crippen molar-refractivity contribution in [2.45, 2.75) is 11.8 Å². The van der Waals surface area contributed by atoms with Crippen LogP contribution in [0.1, 0.15) is 6.92 Å². The van der Waals surface area contributed by atoms with Gasteiger partial charge in [-0.25, -0.2) is 8.78 Å². The van der Waals surface area contributed by atoms with E-state index < -0.39 is 17.6 Å². The molecule has 0 unspecified atom stereocenters. The van der Waals surface area contributed by atoms with Crippen LogP contribution in [0.2, 0.25) is 0 Å². The Kier molecular flexibility index (Phi) is 4.55. The third-order valence-corrected chi connectivity index (χ3v) is 2.55. The lowest BCUT2D eigenvalue weighted by Crippen LogP contribution is -2.06. The van der Waals surface area contributed by atoms with Crippen LogP contribution in [0, 0.1) is 11.6 Å². The molecule has 0 spiro atoms. The van der Waals surface area contributed by atoms with Crippen LogP contribution in [0.3, 0.4) is 0 Å². The molecule has 0 bridgehead atoms. The van der Waals surface area contributed by atoms with Gasteiger partial charge < -0.3 is 4.74 Å². The molecule has 1 aromatic carbocycles. The smallest absolute Gasteiger partial charge is 0.316 e. The van der Waals surface area contributed by atoms with E-state index in [1.807, 2.05) is 0 Å². The summed E-state index contributed by atoms with van der Waals surface area (Å²) in [6.45, 7) is 1.97. The van der Waals surface area contributed by atoms with E-state index in [9.17, 15) is 13.6 Å². The number of hydrogen-bond donors (Lipinski definition) is 0. The normalized spacial score (nSPS) is 10.1. The largest absolute Gasteiger partial charge is 0.465 e. The van der Waals surface area contributed by atoms with E-state index in [1.165, 1.54) is 0 Å². The van der Waals surface area contributed by atoms with Gasteiger partial charge in [-0.05, 0) is 25.1 Å². The van der Waals surface area contributed by atoms with Gasteiger partial charge in [-0.2, -0.15) is 0 Å². The van der Waals surface area contributed by atoms with E-state index in [0.29, 0.717) is 0 Å². The standard InChI is InChI=1S/C10H10F2O2S/c1-2-14-10(13)6-15-9-5-7(11)3-4-8(9)12/h3-5H,2,6H2,1H3. The number of carbonyl (C=O) groups excluding carboxylic acids is 1. The fourth-order valence-electron chi connectivity index (χ4n) is 0.927. The Morgan fingerprint density at radius 1 is 1.47 bits per heavy atom. The summed E-state index contributed by atoms with van der Waals surface area (Å²) in [5.41, 5.74) is 0. The van der Waals surface area contributed by atoms with Crippen molar-refractivity contribution in [2.75, 3.05) is 12.4 Å². The number of hydrogen-bond acceptors (Lipinski definition) is 3. The zero-order valence-corrected chi connectivity index (χ0v) is 8.94. The summed E-state index contributed by atoms with van der Waals surface area (Å²) >= 11 is 0.920. The third kappa shape index (κ3) is 3.87. The maximum atomic E-state index is 13.1. The van der Waals surface area contributed by atoms with Gasteiger partial charge >= 0.3 is 5.97 Å². The Balaban J connectivity index is 2.57. The van der Waals surface area contributed by atoms with Crippen LogP contribution >= 0.6 is 11.8 Å². The van der Waals surface area contributed by atoms with Crippen LogP contribution in [-0.2, 0) is 9.53 Å². The number of halogens is 2. The van der Waals surface area contributed by atoms with Gasteiger partial charge in [-0.15, -0.1) is 11.8 Å². The molecule has 2 nitrogen and oxygen atoms in total. The second-order valence-corrected chi connectivity index (χ2v) is 3.69. The zero-order chi connectivity index (χ0) is 11.3. The molecule has 0 saturated carbocycles. The molecule has 82 valence electrons. The second kappa shape index (κ2) is 5.70. The average molecular weight is 232 g/mol. The Labute approximate surface area is 90.6 Å². The molecule has 0 aliphatic rings. The fraction of sp³-hybridized carbons (Fsp3) is 0.300. The van der Waals surface area contributed by atoms with E-state index in [1.54, 1.807) is 6.92 Å². The number of thioether (sulfide) groups is 1. The summed E-state index contributed by atoms with van der Waals surface area (Å²) in [7, 11) is 0. The number of ether oxygens (including phenoxy) is 1. The van der Waals surface area contributed by atoms with Gasteiger partial charge in [-0.1, -0.05) is 0 Å². The predicted molar refractivity (Wildman–Crippen MR) is 53.7 cm³/mol. The first kappa shape index (κ1) is 12.0. The lowest BCUT2D eigenvalue weighted by molar-refractivity contribution is -0.139. The molecule has 0 N–H and O–H groups in total. The van der Waals surface area contributed by atoms with Crippen LogP contribution in [0.25, 0.3) is 0 Å². The summed E-state index contributed by atoms with van der Waals surface area (Å²) in [5.74, 6) is -1.52. The van der Waals surface area contributed by atoms with Crippen LogP contribution < -0.4 is 0 Å². The molecule has 1 rings (SSSR count). The molecule has 1 aromatic rings. The van der Waals surface area contributed by atoms with Gasteiger partial charge in [0.05, 0.1) is 12.4 Å². The van der Waals surface area contributed by atoms with Crippen molar-refractivity contribution in [3.63, 3.8) is 0 Å². The molecular weight excluding hydrogens is 222 g/mol. The molecule has 0 aliphatic carbocycles. The van der Waals surface area contributed by atoms with Gasteiger partial charge in [0.15, 0.2) is 0 Å². The summed E-state index contributed by atoms with van der Waals surface area (Å²) in [5, 5.41) is 0. The minimum Gasteiger partial charge on any atom is -0.465 e. The number of benzene rings is 1. The van der Waals surface area contributed by atoms with Gasteiger partial charge in [0.25, 0.3) is 0 Å². The van der Waals surface area contributed by atoms with Crippen molar-refractivity contribution >= 4 is 17.7 Å². The summed E-state index contributed by atoms with van der Waals surface area (Å²) in [6.07, 6.45) is 0. The molecule has 15 heavy (non-hydrogen) atoms. The van der Waals surface area contributed by atoms with Crippen LogP contribution in [-0.4, -0.2) is 18.3 Å². The first-order valence-corrected chi connectivity index (χ1v) is 5.35. The minimum absolute atomic E-state index is 0.0196. The minimum atomic E-state index is -0.536. The van der Waals surface area contributed by atoms with Gasteiger partial charge in [0.2, 0.25) is 0 Å². The summed E-state index contributed by atoms with van der Waals surface area (Å²) in [4.78, 5) is 11.1. The van der Waals surface area contributed by atoms with E-state index in [0.717, 1.165) is 30.0 Å². The van der Waals surface area contributed by atoms with Crippen LogP contribution in [0.4, 0.5) is 8.78 Å². The van der Waals surface area contributed by atoms with E-state index in [4.69, 9.17) is 0 Å². The number of carbonyl (C=O) groups is 1. The monoisotopic (exact) mass is 232 g/mol. The average Bonchev–Trinajstić information content (AvgIpc) is 2.20. The number of rotatable bonds is 4. The maximum absolute atomic E-state index is 13.1. The first-order valence-electron chi connectivity index (χ1n) is 4.37. The molecular formula is C10H10F2O2S. The predicted octanol–water partition coefficient (Wildman–Crippen LogP) is 2.62. The third-order valence-electron chi connectivity index (χ3n) is 1.54. The maximum Gasteiger partial charge on any atom is 0.316 e. The van der Waals surface area contributed by atoms with E-state index >= 15 is 0 Å². The Bertz CT molecular complexity index is 355. The van der Waals surface area contributed by atoms with Crippen molar-refractivity contribution < 1.29 is 18.3 Å². The SMILES string of the molecule is CCOC(=O)CSc1cc(F)ccc1F.